The van der Waals surface area contributed by atoms with Crippen LogP contribution in [0.4, 0.5) is 4.39 Å². The Morgan fingerprint density at radius 2 is 1.41 bits per heavy atom. The van der Waals surface area contributed by atoms with Gasteiger partial charge in [-0.2, -0.15) is 0 Å². The second kappa shape index (κ2) is 10.8. The van der Waals surface area contributed by atoms with Crippen molar-refractivity contribution >= 4 is 0 Å². The van der Waals surface area contributed by atoms with Crippen LogP contribution >= 0.6 is 0 Å². The fourth-order valence-corrected chi connectivity index (χ4v) is 6.22. The number of hydrogen-bond acceptors (Lipinski definition) is 5. The average Bonchev–Trinajstić information content (AvgIpc) is 3.56. The van der Waals surface area contributed by atoms with Crippen molar-refractivity contribution in [2.45, 2.75) is 76.7 Å². The molecule has 3 unspecified atom stereocenters. The summed E-state index contributed by atoms with van der Waals surface area (Å²) in [6.07, 6.45) is -3.98. The zero-order valence-corrected chi connectivity index (χ0v) is 23.7. The van der Waals surface area contributed by atoms with Gasteiger partial charge in [-0.3, -0.25) is 0 Å². The van der Waals surface area contributed by atoms with Gasteiger partial charge in [0.15, 0.2) is 12.1 Å². The predicted octanol–water partition coefficient (Wildman–Crippen LogP) is 6.87. The zero-order valence-electron chi connectivity index (χ0n) is 23.7. The molecule has 0 radical (unpaired) electrons. The van der Waals surface area contributed by atoms with Gasteiger partial charge in [-0.1, -0.05) is 74.5 Å². The van der Waals surface area contributed by atoms with E-state index in [1.165, 1.54) is 12.1 Å². The van der Waals surface area contributed by atoms with Crippen molar-refractivity contribution in [2.24, 2.45) is 0 Å². The molecule has 0 amide bonds. The van der Waals surface area contributed by atoms with Crippen molar-refractivity contribution < 1.29 is 28.8 Å². The van der Waals surface area contributed by atoms with E-state index in [2.05, 4.69) is 38.1 Å². The third-order valence-electron chi connectivity index (χ3n) is 7.89. The minimum absolute atomic E-state index is 0.0118. The summed E-state index contributed by atoms with van der Waals surface area (Å²) < 4.78 is 33.9. The summed E-state index contributed by atoms with van der Waals surface area (Å²) in [5, 5.41) is 23.1. The van der Waals surface area contributed by atoms with Crippen LogP contribution in [0.25, 0.3) is 33.5 Å². The maximum absolute atomic E-state index is 14.1. The highest BCUT2D eigenvalue weighted by molar-refractivity contribution is 5.96. The molecule has 2 N–H and O–H groups in total. The number of ether oxygens (including phenoxy) is 3. The van der Waals surface area contributed by atoms with Gasteiger partial charge < -0.3 is 29.0 Å². The minimum Gasteiger partial charge on any atom is -0.387 e. The Bertz CT molecular complexity index is 1500. The van der Waals surface area contributed by atoms with Gasteiger partial charge in [0.25, 0.3) is 0 Å². The summed E-state index contributed by atoms with van der Waals surface area (Å²) in [5.74, 6) is -1.17. The lowest BCUT2D eigenvalue weighted by Gasteiger charge is -2.27. The van der Waals surface area contributed by atoms with E-state index in [9.17, 15) is 14.6 Å². The van der Waals surface area contributed by atoms with Gasteiger partial charge in [0, 0.05) is 23.2 Å². The van der Waals surface area contributed by atoms with Gasteiger partial charge >= 0.3 is 0 Å². The molecule has 2 saturated heterocycles. The van der Waals surface area contributed by atoms with Gasteiger partial charge in [-0.15, -0.1) is 0 Å². The smallest absolute Gasteiger partial charge is 0.190 e. The number of aromatic nitrogens is 1. The van der Waals surface area contributed by atoms with E-state index in [1.54, 1.807) is 26.0 Å². The van der Waals surface area contributed by atoms with Crippen molar-refractivity contribution in [2.75, 3.05) is 0 Å². The molecule has 41 heavy (non-hydrogen) atoms. The molecule has 2 aliphatic heterocycles. The van der Waals surface area contributed by atoms with E-state index in [4.69, 9.17) is 14.2 Å². The lowest BCUT2D eigenvalue weighted by Crippen LogP contribution is -2.35. The Balaban J connectivity index is 1.54. The number of rotatable bonds is 7. The normalized spacial score (nSPS) is 24.1. The minimum atomic E-state index is -1.07. The second-order valence-corrected chi connectivity index (χ2v) is 11.6. The third kappa shape index (κ3) is 5.13. The number of aliphatic hydroxyl groups is 2. The number of hydrogen-bond donors (Lipinski definition) is 2. The van der Waals surface area contributed by atoms with Gasteiger partial charge in [-0.25, -0.2) is 4.39 Å². The highest BCUT2D eigenvalue weighted by atomic mass is 19.1. The van der Waals surface area contributed by atoms with Crippen LogP contribution in [-0.4, -0.2) is 45.2 Å². The molecule has 4 aromatic rings. The predicted molar refractivity (Wildman–Crippen MR) is 155 cm³/mol. The fraction of sp³-hybridized carbons (Fsp3) is 0.353. The third-order valence-corrected chi connectivity index (χ3v) is 7.89. The van der Waals surface area contributed by atoms with E-state index >= 15 is 0 Å². The Hall–Kier alpha value is -3.33. The molecule has 5 atom stereocenters. The quantitative estimate of drug-likeness (QED) is 0.259. The van der Waals surface area contributed by atoms with Crippen LogP contribution in [0.3, 0.4) is 0 Å². The van der Waals surface area contributed by atoms with E-state index in [1.807, 2.05) is 41.0 Å². The van der Waals surface area contributed by atoms with Gasteiger partial charge in [0.1, 0.15) is 24.3 Å². The molecule has 0 spiro atoms. The summed E-state index contributed by atoms with van der Waals surface area (Å²) in [5.41, 5.74) is 6.42. The molecule has 2 fully saturated rings. The maximum atomic E-state index is 14.1. The Morgan fingerprint density at radius 1 is 0.829 bits per heavy atom. The van der Waals surface area contributed by atoms with Crippen LogP contribution < -0.4 is 0 Å². The highest BCUT2D eigenvalue weighted by Crippen LogP contribution is 2.49. The molecule has 2 aliphatic rings. The fourth-order valence-electron chi connectivity index (χ4n) is 6.22. The van der Waals surface area contributed by atoms with E-state index in [0.717, 1.165) is 39.2 Å². The Kier molecular flexibility index (Phi) is 7.34. The Labute approximate surface area is 239 Å². The van der Waals surface area contributed by atoms with Crippen LogP contribution in [0, 0.1) is 5.82 Å². The van der Waals surface area contributed by atoms with Crippen molar-refractivity contribution in [3.63, 3.8) is 0 Å². The molecule has 3 heterocycles. The second-order valence-electron chi connectivity index (χ2n) is 11.6. The lowest BCUT2D eigenvalue weighted by molar-refractivity contribution is -0.218. The summed E-state index contributed by atoms with van der Waals surface area (Å²) in [6, 6.07) is 26.5. The van der Waals surface area contributed by atoms with E-state index in [-0.39, 0.29) is 18.2 Å². The monoisotopic (exact) mass is 557 g/mol. The molecular weight excluding hydrogens is 521 g/mol. The van der Waals surface area contributed by atoms with E-state index in [0.29, 0.717) is 0 Å². The molecule has 7 heteroatoms. The van der Waals surface area contributed by atoms with Gasteiger partial charge in [0.05, 0.1) is 11.8 Å². The number of nitrogens with zero attached hydrogens (tertiary/aromatic N) is 1. The topological polar surface area (TPSA) is 73.1 Å². The molecule has 0 saturated carbocycles. The van der Waals surface area contributed by atoms with Crippen LogP contribution in [-0.2, 0) is 14.2 Å². The zero-order chi connectivity index (χ0) is 28.9. The number of halogens is 1. The first kappa shape index (κ1) is 27.8. The number of aliphatic hydroxyl groups excluding tert-OH is 2. The molecule has 6 nitrogen and oxygen atoms in total. The van der Waals surface area contributed by atoms with E-state index < -0.39 is 36.6 Å². The lowest BCUT2D eigenvalue weighted by atomic mass is 9.91. The van der Waals surface area contributed by atoms with Gasteiger partial charge in [-0.05, 0) is 60.7 Å². The van der Waals surface area contributed by atoms with Crippen molar-refractivity contribution in [1.29, 1.82) is 0 Å². The van der Waals surface area contributed by atoms with Crippen LogP contribution in [0.15, 0.2) is 84.9 Å². The molecule has 6 rings (SSSR count). The van der Waals surface area contributed by atoms with Crippen LogP contribution in [0.2, 0.25) is 0 Å². The molecule has 1 aromatic heterocycles. The molecule has 214 valence electrons. The van der Waals surface area contributed by atoms with Crippen LogP contribution in [0.1, 0.15) is 52.0 Å². The SMILES string of the molecule is CC(C)c1c(-c2ccccc2)c(-c2ccccc2)c(-c2ccc(F)cc2)n1C(O)C[C@H]1OC2OC(C)(C)OC2[C@H]1O. The Morgan fingerprint density at radius 3 is 1.98 bits per heavy atom. The summed E-state index contributed by atoms with van der Waals surface area (Å²) in [4.78, 5) is 0. The van der Waals surface area contributed by atoms with Crippen molar-refractivity contribution in [1.82, 2.24) is 4.57 Å². The maximum Gasteiger partial charge on any atom is 0.190 e. The standard InChI is InChI=1S/C34H36FNO5/c1-20(2)29-27(21-11-7-5-8-12-21)28(22-13-9-6-10-14-22)30(23-15-17-24(35)18-16-23)36(29)26(37)19-25-31(38)32-33(39-25)41-34(3,4)40-32/h5-18,20,25-26,31-33,37-38H,19H2,1-4H3/t25-,26?,31+,32?,33?/m1/s1. The first-order valence-electron chi connectivity index (χ1n) is 14.2. The first-order chi connectivity index (χ1) is 19.6. The summed E-state index contributed by atoms with van der Waals surface area (Å²) in [6.45, 7) is 7.77. The number of benzene rings is 3. The molecule has 3 aromatic carbocycles. The first-order valence-corrected chi connectivity index (χ1v) is 14.2. The van der Waals surface area contributed by atoms with Crippen LogP contribution in [0.5, 0.6) is 0 Å². The average molecular weight is 558 g/mol. The van der Waals surface area contributed by atoms with Crippen molar-refractivity contribution in [3.8, 4) is 33.5 Å². The summed E-state index contributed by atoms with van der Waals surface area (Å²) >= 11 is 0. The molecule has 0 bridgehead atoms. The molecular formula is C34H36FNO5. The number of fused-ring (bicyclic) bond motifs is 1. The highest BCUT2D eigenvalue weighted by Gasteiger charge is 2.54. The summed E-state index contributed by atoms with van der Waals surface area (Å²) in [7, 11) is 0. The van der Waals surface area contributed by atoms with Crippen molar-refractivity contribution in [3.05, 3.63) is 96.4 Å². The largest absolute Gasteiger partial charge is 0.387 e. The van der Waals surface area contributed by atoms with Gasteiger partial charge in [0.2, 0.25) is 0 Å². The molecule has 0 aliphatic carbocycles.